The summed E-state index contributed by atoms with van der Waals surface area (Å²) < 4.78 is 48.4. The molecule has 1 N–H and O–H groups in total. The van der Waals surface area contributed by atoms with Gasteiger partial charge in [-0.2, -0.15) is 13.2 Å². The number of hydrogen-bond acceptors (Lipinski definition) is 2. The second kappa shape index (κ2) is 9.25. The number of carboxylic acids is 1. The molecular formula is C25H23F3O3. The number of rotatable bonds is 7. The van der Waals surface area contributed by atoms with E-state index in [2.05, 4.69) is 0 Å². The number of carboxylic acid groups (broad SMARTS) is 1. The lowest BCUT2D eigenvalue weighted by Crippen LogP contribution is -2.20. The fraction of sp³-hybridized carbons (Fsp3) is 0.240. The van der Waals surface area contributed by atoms with Crippen LogP contribution in [-0.4, -0.2) is 11.1 Å². The van der Waals surface area contributed by atoms with Gasteiger partial charge in [0.25, 0.3) is 0 Å². The summed E-state index contributed by atoms with van der Waals surface area (Å²) in [6.07, 6.45) is -4.72. The molecule has 0 fully saturated rings. The highest BCUT2D eigenvalue weighted by molar-refractivity contribution is 5.79. The average Bonchev–Trinajstić information content (AvgIpc) is 2.71. The molecule has 162 valence electrons. The summed E-state index contributed by atoms with van der Waals surface area (Å²) in [5, 5.41) is 9.80. The first-order chi connectivity index (χ1) is 14.7. The summed E-state index contributed by atoms with van der Waals surface area (Å²) in [5.41, 5.74) is -0.210. The number of para-hydroxylation sites is 1. The van der Waals surface area contributed by atoms with Crippen LogP contribution in [0.3, 0.4) is 0 Å². The van der Waals surface area contributed by atoms with Crippen molar-refractivity contribution in [3.8, 4) is 22.6 Å². The normalized spacial score (nSPS) is 12.6. The zero-order valence-corrected chi connectivity index (χ0v) is 17.2. The molecule has 0 aliphatic rings. The number of ether oxygens (including phenoxy) is 1. The minimum atomic E-state index is -4.79. The third kappa shape index (κ3) is 5.45. The van der Waals surface area contributed by atoms with Crippen LogP contribution in [0.25, 0.3) is 11.1 Å². The molecule has 1 unspecified atom stereocenters. The topological polar surface area (TPSA) is 46.5 Å². The van der Waals surface area contributed by atoms with Crippen LogP contribution >= 0.6 is 0 Å². The molecule has 0 aliphatic heterocycles. The lowest BCUT2D eigenvalue weighted by atomic mass is 9.85. The molecule has 3 aromatic rings. The molecule has 3 aromatic carbocycles. The van der Waals surface area contributed by atoms with Gasteiger partial charge in [-0.15, -0.1) is 0 Å². The fourth-order valence-electron chi connectivity index (χ4n) is 3.54. The van der Waals surface area contributed by atoms with Crippen LogP contribution in [0.2, 0.25) is 0 Å². The van der Waals surface area contributed by atoms with Gasteiger partial charge in [-0.3, -0.25) is 4.79 Å². The minimum absolute atomic E-state index is 0.0709. The van der Waals surface area contributed by atoms with E-state index in [1.807, 2.05) is 0 Å². The van der Waals surface area contributed by atoms with Gasteiger partial charge in [-0.05, 0) is 53.3 Å². The van der Waals surface area contributed by atoms with Gasteiger partial charge in [-0.25, -0.2) is 0 Å². The fourth-order valence-corrected chi connectivity index (χ4v) is 3.54. The van der Waals surface area contributed by atoms with Crippen LogP contribution in [-0.2, 0) is 11.0 Å². The van der Waals surface area contributed by atoms with Crippen LogP contribution < -0.4 is 4.74 Å². The third-order valence-corrected chi connectivity index (χ3v) is 4.87. The molecule has 0 spiro atoms. The molecule has 1 atom stereocenters. The monoisotopic (exact) mass is 428 g/mol. The van der Waals surface area contributed by atoms with Gasteiger partial charge in [0, 0.05) is 0 Å². The van der Waals surface area contributed by atoms with Gasteiger partial charge >= 0.3 is 12.1 Å². The standard InChI is InChI=1S/C25H23F3O3/c1-16(2)13-21(24(29)30)20-14-18(17-9-5-3-6-10-17)15-22(23(20)25(26,27)28)31-19-11-7-4-8-12-19/h3-12,14-16,21H,13H2,1-2H3,(H,29,30). The Kier molecular flexibility index (Phi) is 6.68. The van der Waals surface area contributed by atoms with Gasteiger partial charge < -0.3 is 9.84 Å². The third-order valence-electron chi connectivity index (χ3n) is 4.87. The van der Waals surface area contributed by atoms with E-state index in [4.69, 9.17) is 4.74 Å². The second-order valence-corrected chi connectivity index (χ2v) is 7.74. The van der Waals surface area contributed by atoms with E-state index in [-0.39, 0.29) is 23.7 Å². The highest BCUT2D eigenvalue weighted by atomic mass is 19.4. The van der Waals surface area contributed by atoms with Crippen molar-refractivity contribution < 1.29 is 27.8 Å². The van der Waals surface area contributed by atoms with E-state index >= 15 is 0 Å². The molecule has 0 saturated carbocycles. The van der Waals surface area contributed by atoms with Gasteiger partial charge in [0.15, 0.2) is 0 Å². The summed E-state index contributed by atoms with van der Waals surface area (Å²) in [7, 11) is 0. The first-order valence-corrected chi connectivity index (χ1v) is 9.93. The van der Waals surface area contributed by atoms with Crippen molar-refractivity contribution in [3.05, 3.63) is 83.9 Å². The molecule has 6 heteroatoms. The Hall–Kier alpha value is -3.28. The number of alkyl halides is 3. The Morgan fingerprint density at radius 1 is 0.935 bits per heavy atom. The highest BCUT2D eigenvalue weighted by Gasteiger charge is 2.41. The average molecular weight is 428 g/mol. The predicted octanol–water partition coefficient (Wildman–Crippen LogP) is 7.38. The van der Waals surface area contributed by atoms with E-state index in [1.54, 1.807) is 74.5 Å². The Labute approximate surface area is 179 Å². The molecular weight excluding hydrogens is 405 g/mol. The maximum atomic E-state index is 14.2. The SMILES string of the molecule is CC(C)CC(C(=O)O)c1cc(-c2ccccc2)cc(Oc2ccccc2)c1C(F)(F)F. The summed E-state index contributed by atoms with van der Waals surface area (Å²) in [5.74, 6) is -2.90. The van der Waals surface area contributed by atoms with Crippen LogP contribution in [0.4, 0.5) is 13.2 Å². The summed E-state index contributed by atoms with van der Waals surface area (Å²) in [4.78, 5) is 12.0. The van der Waals surface area contributed by atoms with Crippen molar-refractivity contribution in [2.24, 2.45) is 5.92 Å². The molecule has 3 nitrogen and oxygen atoms in total. The van der Waals surface area contributed by atoms with Crippen LogP contribution in [0.15, 0.2) is 72.8 Å². The molecule has 3 rings (SSSR count). The van der Waals surface area contributed by atoms with Crippen molar-refractivity contribution >= 4 is 5.97 Å². The lowest BCUT2D eigenvalue weighted by Gasteiger charge is -2.24. The van der Waals surface area contributed by atoms with Crippen molar-refractivity contribution in [2.75, 3.05) is 0 Å². The minimum Gasteiger partial charge on any atom is -0.481 e. The van der Waals surface area contributed by atoms with Crippen molar-refractivity contribution in [1.29, 1.82) is 0 Å². The largest absolute Gasteiger partial charge is 0.481 e. The maximum Gasteiger partial charge on any atom is 0.420 e. The molecule has 0 bridgehead atoms. The summed E-state index contributed by atoms with van der Waals surface area (Å²) in [6, 6.07) is 19.7. The molecule has 0 aliphatic carbocycles. The zero-order valence-electron chi connectivity index (χ0n) is 17.2. The van der Waals surface area contributed by atoms with E-state index in [1.165, 1.54) is 12.1 Å². The van der Waals surface area contributed by atoms with Gasteiger partial charge in [-0.1, -0.05) is 62.4 Å². The smallest absolute Gasteiger partial charge is 0.420 e. The van der Waals surface area contributed by atoms with E-state index < -0.39 is 29.4 Å². The highest BCUT2D eigenvalue weighted by Crippen LogP contribution is 2.46. The molecule has 0 radical (unpaired) electrons. The Morgan fingerprint density at radius 3 is 2.03 bits per heavy atom. The number of halogens is 3. The first-order valence-electron chi connectivity index (χ1n) is 9.93. The van der Waals surface area contributed by atoms with Gasteiger partial charge in [0.05, 0.1) is 5.92 Å². The Morgan fingerprint density at radius 2 is 1.52 bits per heavy atom. The van der Waals surface area contributed by atoms with E-state index in [0.717, 1.165) is 0 Å². The molecule has 0 heterocycles. The first kappa shape index (κ1) is 22.4. The number of benzene rings is 3. The van der Waals surface area contributed by atoms with Gasteiger partial charge in [0.2, 0.25) is 0 Å². The van der Waals surface area contributed by atoms with Crippen molar-refractivity contribution in [2.45, 2.75) is 32.4 Å². The maximum absolute atomic E-state index is 14.2. The Balaban J connectivity index is 2.29. The van der Waals surface area contributed by atoms with Crippen LogP contribution in [0.5, 0.6) is 11.5 Å². The molecule has 0 aromatic heterocycles. The van der Waals surface area contributed by atoms with Gasteiger partial charge in [0.1, 0.15) is 17.1 Å². The van der Waals surface area contributed by atoms with Crippen LogP contribution in [0.1, 0.15) is 37.3 Å². The lowest BCUT2D eigenvalue weighted by molar-refractivity contribution is -0.142. The number of hydrogen-bond donors (Lipinski definition) is 1. The van der Waals surface area contributed by atoms with Crippen LogP contribution in [0, 0.1) is 5.92 Å². The Bertz CT molecular complexity index is 1030. The number of aliphatic carboxylic acids is 1. The van der Waals surface area contributed by atoms with Crippen molar-refractivity contribution in [3.63, 3.8) is 0 Å². The zero-order chi connectivity index (χ0) is 22.6. The number of carbonyl (C=O) groups is 1. The second-order valence-electron chi connectivity index (χ2n) is 7.74. The predicted molar refractivity (Wildman–Crippen MR) is 113 cm³/mol. The molecule has 31 heavy (non-hydrogen) atoms. The molecule has 0 amide bonds. The summed E-state index contributed by atoms with van der Waals surface area (Å²) in [6.45, 7) is 3.57. The molecule has 0 saturated heterocycles. The van der Waals surface area contributed by atoms with E-state index in [0.29, 0.717) is 11.1 Å². The quantitative estimate of drug-likeness (QED) is 0.427. The summed E-state index contributed by atoms with van der Waals surface area (Å²) >= 11 is 0. The van der Waals surface area contributed by atoms with Crippen molar-refractivity contribution in [1.82, 2.24) is 0 Å². The van der Waals surface area contributed by atoms with E-state index in [9.17, 15) is 23.1 Å².